The molecule has 1 heterocycles. The van der Waals surface area contributed by atoms with Crippen LogP contribution in [0.1, 0.15) is 12.0 Å². The molecule has 0 radical (unpaired) electrons. The molecule has 1 aliphatic rings. The van der Waals surface area contributed by atoms with Crippen molar-refractivity contribution in [3.8, 4) is 0 Å². The molecular weight excluding hydrogens is 288 g/mol. The SMILES string of the molecule is O=C(O)C(Cc1ccccc1Cl)C1CCS(=O)(=O)C1. The molecule has 4 nitrogen and oxygen atoms in total. The van der Waals surface area contributed by atoms with E-state index in [1.165, 1.54) is 0 Å². The fraction of sp³-hybridized carbons (Fsp3) is 0.462. The molecule has 0 aliphatic carbocycles. The molecule has 19 heavy (non-hydrogen) atoms. The van der Waals surface area contributed by atoms with Crippen molar-refractivity contribution >= 4 is 27.4 Å². The molecule has 1 N–H and O–H groups in total. The molecule has 1 fully saturated rings. The van der Waals surface area contributed by atoms with Gasteiger partial charge in [0.25, 0.3) is 0 Å². The van der Waals surface area contributed by atoms with E-state index in [0.29, 0.717) is 11.4 Å². The Labute approximate surface area is 117 Å². The molecule has 1 aromatic carbocycles. The van der Waals surface area contributed by atoms with E-state index in [1.54, 1.807) is 24.3 Å². The summed E-state index contributed by atoms with van der Waals surface area (Å²) in [4.78, 5) is 11.4. The zero-order valence-corrected chi connectivity index (χ0v) is 11.8. The fourth-order valence-corrected chi connectivity index (χ4v) is 4.59. The summed E-state index contributed by atoms with van der Waals surface area (Å²) in [5, 5.41) is 9.84. The lowest BCUT2D eigenvalue weighted by molar-refractivity contribution is -0.143. The predicted octanol–water partition coefficient (Wildman–Crippen LogP) is 2.02. The molecule has 2 unspecified atom stereocenters. The average molecular weight is 303 g/mol. The van der Waals surface area contributed by atoms with Crippen molar-refractivity contribution in [3.05, 3.63) is 34.9 Å². The molecule has 0 amide bonds. The average Bonchev–Trinajstić information content (AvgIpc) is 2.68. The predicted molar refractivity (Wildman–Crippen MR) is 73.0 cm³/mol. The smallest absolute Gasteiger partial charge is 0.307 e. The Bertz CT molecular complexity index is 582. The Balaban J connectivity index is 2.18. The van der Waals surface area contributed by atoms with Crippen LogP contribution >= 0.6 is 11.6 Å². The zero-order chi connectivity index (χ0) is 14.0. The Morgan fingerprint density at radius 2 is 2.11 bits per heavy atom. The minimum absolute atomic E-state index is 0.0333. The number of carbonyl (C=O) groups is 1. The number of carboxylic acids is 1. The van der Waals surface area contributed by atoms with Crippen LogP contribution in [-0.4, -0.2) is 31.0 Å². The van der Waals surface area contributed by atoms with E-state index in [2.05, 4.69) is 0 Å². The largest absolute Gasteiger partial charge is 0.481 e. The molecule has 0 bridgehead atoms. The van der Waals surface area contributed by atoms with Gasteiger partial charge in [0.1, 0.15) is 0 Å². The second-order valence-electron chi connectivity index (χ2n) is 4.90. The van der Waals surface area contributed by atoms with Gasteiger partial charge in [-0.3, -0.25) is 4.79 Å². The number of benzene rings is 1. The van der Waals surface area contributed by atoms with Gasteiger partial charge in [0.15, 0.2) is 9.84 Å². The van der Waals surface area contributed by atoms with Gasteiger partial charge in [0.2, 0.25) is 0 Å². The standard InChI is InChI=1S/C13H15ClO4S/c14-12-4-2-1-3-9(12)7-11(13(15)16)10-5-6-19(17,18)8-10/h1-4,10-11H,5-8H2,(H,15,16). The first-order chi connectivity index (χ1) is 8.89. The summed E-state index contributed by atoms with van der Waals surface area (Å²) in [5.41, 5.74) is 0.751. The minimum atomic E-state index is -3.07. The summed E-state index contributed by atoms with van der Waals surface area (Å²) >= 11 is 6.02. The highest BCUT2D eigenvalue weighted by Crippen LogP contribution is 2.30. The van der Waals surface area contributed by atoms with Crippen molar-refractivity contribution in [1.82, 2.24) is 0 Å². The van der Waals surface area contributed by atoms with Gasteiger partial charge in [0, 0.05) is 5.02 Å². The Hall–Kier alpha value is -1.07. The van der Waals surface area contributed by atoms with Crippen LogP contribution in [0.15, 0.2) is 24.3 Å². The van der Waals surface area contributed by atoms with E-state index in [-0.39, 0.29) is 23.8 Å². The second-order valence-corrected chi connectivity index (χ2v) is 7.54. The molecule has 2 rings (SSSR count). The minimum Gasteiger partial charge on any atom is -0.481 e. The van der Waals surface area contributed by atoms with Gasteiger partial charge in [-0.2, -0.15) is 0 Å². The van der Waals surface area contributed by atoms with E-state index < -0.39 is 21.7 Å². The molecule has 1 saturated heterocycles. The monoisotopic (exact) mass is 302 g/mol. The van der Waals surface area contributed by atoms with Gasteiger partial charge >= 0.3 is 5.97 Å². The van der Waals surface area contributed by atoms with Crippen LogP contribution in [0.5, 0.6) is 0 Å². The summed E-state index contributed by atoms with van der Waals surface area (Å²) in [6, 6.07) is 7.07. The van der Waals surface area contributed by atoms with Crippen LogP contribution < -0.4 is 0 Å². The van der Waals surface area contributed by atoms with E-state index in [0.717, 1.165) is 5.56 Å². The van der Waals surface area contributed by atoms with E-state index in [9.17, 15) is 18.3 Å². The van der Waals surface area contributed by atoms with Crippen LogP contribution in [0.4, 0.5) is 0 Å². The van der Waals surface area contributed by atoms with Crippen molar-refractivity contribution < 1.29 is 18.3 Å². The highest BCUT2D eigenvalue weighted by atomic mass is 35.5. The lowest BCUT2D eigenvalue weighted by atomic mass is 9.86. The lowest BCUT2D eigenvalue weighted by Gasteiger charge is -2.18. The summed E-state index contributed by atoms with van der Waals surface area (Å²) < 4.78 is 22.9. The second kappa shape index (κ2) is 5.51. The quantitative estimate of drug-likeness (QED) is 0.923. The summed E-state index contributed by atoms with van der Waals surface area (Å²) in [6.45, 7) is 0. The number of sulfone groups is 1. The third-order valence-corrected chi connectivity index (χ3v) is 5.71. The normalized spacial score (nSPS) is 23.1. The first kappa shape index (κ1) is 14.3. The van der Waals surface area contributed by atoms with Crippen LogP contribution in [0.2, 0.25) is 5.02 Å². The highest BCUT2D eigenvalue weighted by molar-refractivity contribution is 7.91. The topological polar surface area (TPSA) is 71.4 Å². The Kier molecular flexibility index (Phi) is 4.16. The van der Waals surface area contributed by atoms with Gasteiger partial charge in [-0.05, 0) is 30.4 Å². The highest BCUT2D eigenvalue weighted by Gasteiger charge is 2.37. The third-order valence-electron chi connectivity index (χ3n) is 3.55. The summed E-state index contributed by atoms with van der Waals surface area (Å²) in [5.74, 6) is -1.92. The van der Waals surface area contributed by atoms with E-state index in [4.69, 9.17) is 11.6 Å². The lowest BCUT2D eigenvalue weighted by Crippen LogP contribution is -2.26. The number of halogens is 1. The van der Waals surface area contributed by atoms with Crippen LogP contribution in [0.3, 0.4) is 0 Å². The van der Waals surface area contributed by atoms with Crippen molar-refractivity contribution in [2.75, 3.05) is 11.5 Å². The zero-order valence-electron chi connectivity index (χ0n) is 10.3. The molecular formula is C13H15ClO4S. The molecule has 0 spiro atoms. The molecule has 1 aromatic rings. The van der Waals surface area contributed by atoms with Gasteiger partial charge in [0.05, 0.1) is 17.4 Å². The first-order valence-electron chi connectivity index (χ1n) is 6.06. The number of hydrogen-bond acceptors (Lipinski definition) is 3. The molecule has 2 atom stereocenters. The van der Waals surface area contributed by atoms with Crippen molar-refractivity contribution in [1.29, 1.82) is 0 Å². The van der Waals surface area contributed by atoms with Gasteiger partial charge < -0.3 is 5.11 Å². The molecule has 0 saturated carbocycles. The van der Waals surface area contributed by atoms with Gasteiger partial charge in [-0.25, -0.2) is 8.42 Å². The third kappa shape index (κ3) is 3.48. The van der Waals surface area contributed by atoms with Crippen LogP contribution in [0, 0.1) is 11.8 Å². The van der Waals surface area contributed by atoms with Crippen LogP contribution in [0.25, 0.3) is 0 Å². The van der Waals surface area contributed by atoms with Gasteiger partial charge in [-0.15, -0.1) is 0 Å². The maximum absolute atomic E-state index is 11.5. The molecule has 0 aromatic heterocycles. The van der Waals surface area contributed by atoms with E-state index >= 15 is 0 Å². The fourth-order valence-electron chi connectivity index (χ4n) is 2.50. The Morgan fingerprint density at radius 1 is 1.42 bits per heavy atom. The van der Waals surface area contributed by atoms with Crippen molar-refractivity contribution in [2.24, 2.45) is 11.8 Å². The van der Waals surface area contributed by atoms with Crippen molar-refractivity contribution in [2.45, 2.75) is 12.8 Å². The molecule has 1 aliphatic heterocycles. The van der Waals surface area contributed by atoms with Crippen LogP contribution in [-0.2, 0) is 21.1 Å². The number of carboxylic acid groups (broad SMARTS) is 1. The van der Waals surface area contributed by atoms with Gasteiger partial charge in [-0.1, -0.05) is 29.8 Å². The molecule has 104 valence electrons. The maximum Gasteiger partial charge on any atom is 0.307 e. The first-order valence-corrected chi connectivity index (χ1v) is 8.25. The van der Waals surface area contributed by atoms with E-state index in [1.807, 2.05) is 0 Å². The number of aliphatic carboxylic acids is 1. The van der Waals surface area contributed by atoms with Crippen molar-refractivity contribution in [3.63, 3.8) is 0 Å². The maximum atomic E-state index is 11.5. The molecule has 6 heteroatoms. The summed E-state index contributed by atoms with van der Waals surface area (Å²) in [6.07, 6.45) is 0.693. The number of rotatable bonds is 4. The number of hydrogen-bond donors (Lipinski definition) is 1. The summed E-state index contributed by atoms with van der Waals surface area (Å²) in [7, 11) is -3.07. The Morgan fingerprint density at radius 3 is 2.63 bits per heavy atom.